The van der Waals surface area contributed by atoms with Crippen molar-refractivity contribution in [3.8, 4) is 0 Å². The van der Waals surface area contributed by atoms with E-state index >= 15 is 0 Å². The SMILES string of the molecule is CCCCCCCCCCCCCCCCCCO.CCCCCCCCCCCCCCCCCCOC(=O)Cl.COC(=O)OC(Cl)(Cl)Cl. The summed E-state index contributed by atoms with van der Waals surface area (Å²) in [6.07, 6.45) is 42.7. The number of aliphatic hydroxyl groups excluding tert-OH is 1. The van der Waals surface area contributed by atoms with Crippen LogP contribution in [-0.4, -0.2) is 41.0 Å². The molecule has 0 saturated heterocycles. The van der Waals surface area contributed by atoms with E-state index in [9.17, 15) is 9.59 Å². The van der Waals surface area contributed by atoms with E-state index in [1.54, 1.807) is 0 Å². The largest absolute Gasteiger partial charge is 0.511 e. The van der Waals surface area contributed by atoms with Crippen molar-refractivity contribution in [2.45, 2.75) is 223 Å². The highest BCUT2D eigenvalue weighted by Gasteiger charge is 2.25. The van der Waals surface area contributed by atoms with Crippen LogP contribution in [0.5, 0.6) is 0 Å². The molecule has 0 aliphatic rings. The van der Waals surface area contributed by atoms with Crippen molar-refractivity contribution in [3.63, 3.8) is 0 Å². The molecule has 0 aromatic carbocycles. The van der Waals surface area contributed by atoms with Gasteiger partial charge in [0.05, 0.1) is 13.7 Å². The molecule has 0 heterocycles. The van der Waals surface area contributed by atoms with Crippen LogP contribution in [0.25, 0.3) is 0 Å². The average Bonchev–Trinajstić information content (AvgIpc) is 3.07. The van der Waals surface area contributed by atoms with Crippen LogP contribution in [0.3, 0.4) is 0 Å². The molecule has 0 aromatic rings. The summed E-state index contributed by atoms with van der Waals surface area (Å²) in [5.74, 6) is 0. The number of halogens is 4. The van der Waals surface area contributed by atoms with Gasteiger partial charge in [0.25, 0.3) is 0 Å². The number of methoxy groups -OCH3 is 1. The molecule has 0 amide bonds. The Morgan fingerprint density at radius 1 is 0.480 bits per heavy atom. The molecule has 0 atom stereocenters. The van der Waals surface area contributed by atoms with Gasteiger partial charge in [0.1, 0.15) is 0 Å². The van der Waals surface area contributed by atoms with Crippen molar-refractivity contribution >= 4 is 58.0 Å². The second kappa shape index (κ2) is 46.9. The quantitative estimate of drug-likeness (QED) is 0.0308. The molecule has 50 heavy (non-hydrogen) atoms. The van der Waals surface area contributed by atoms with Crippen molar-refractivity contribution in [2.24, 2.45) is 0 Å². The molecular weight excluding hydrogens is 718 g/mol. The van der Waals surface area contributed by atoms with Gasteiger partial charge in [-0.25, -0.2) is 9.59 Å². The summed E-state index contributed by atoms with van der Waals surface area (Å²) in [4.78, 5) is 20.5. The first-order valence-electron chi connectivity index (χ1n) is 20.4. The summed E-state index contributed by atoms with van der Waals surface area (Å²) in [6.45, 7) is 5.41. The van der Waals surface area contributed by atoms with Gasteiger partial charge in [-0.3, -0.25) is 0 Å². The second-order valence-electron chi connectivity index (χ2n) is 13.4. The maximum absolute atomic E-state index is 10.3. The summed E-state index contributed by atoms with van der Waals surface area (Å²) in [6, 6.07) is 0. The summed E-state index contributed by atoms with van der Waals surface area (Å²) < 4.78 is 10.7. The first-order chi connectivity index (χ1) is 24.1. The summed E-state index contributed by atoms with van der Waals surface area (Å²) >= 11 is 20.1. The molecule has 0 rings (SSSR count). The number of carbonyl (C=O) groups is 2. The number of alkyl halides is 3. The molecule has 0 aliphatic heterocycles. The number of hydrogen-bond donors (Lipinski definition) is 1. The highest BCUT2D eigenvalue weighted by molar-refractivity contribution is 6.66. The number of ether oxygens (including phenoxy) is 3. The molecule has 302 valence electrons. The van der Waals surface area contributed by atoms with Crippen LogP contribution in [0.1, 0.15) is 219 Å². The Kier molecular flexibility index (Phi) is 50.8. The molecule has 0 saturated carbocycles. The molecule has 10 heteroatoms. The second-order valence-corrected chi connectivity index (χ2v) is 15.9. The van der Waals surface area contributed by atoms with Gasteiger partial charge in [-0.2, -0.15) is 0 Å². The van der Waals surface area contributed by atoms with Gasteiger partial charge < -0.3 is 19.3 Å². The van der Waals surface area contributed by atoms with E-state index in [0.29, 0.717) is 13.2 Å². The van der Waals surface area contributed by atoms with E-state index in [1.807, 2.05) is 0 Å². The average molecular weight is 797 g/mol. The van der Waals surface area contributed by atoms with Crippen molar-refractivity contribution < 1.29 is 28.9 Å². The lowest BCUT2D eigenvalue weighted by Crippen LogP contribution is -2.15. The zero-order valence-electron chi connectivity index (χ0n) is 32.5. The lowest BCUT2D eigenvalue weighted by atomic mass is 10.0. The van der Waals surface area contributed by atoms with Crippen molar-refractivity contribution in [3.05, 3.63) is 0 Å². The van der Waals surface area contributed by atoms with Crippen molar-refractivity contribution in [1.29, 1.82) is 0 Å². The van der Waals surface area contributed by atoms with E-state index in [2.05, 4.69) is 28.1 Å². The van der Waals surface area contributed by atoms with Crippen LogP contribution in [0.4, 0.5) is 9.59 Å². The number of aliphatic hydroxyl groups is 1. The summed E-state index contributed by atoms with van der Waals surface area (Å²) in [5.41, 5.74) is -0.680. The van der Waals surface area contributed by atoms with E-state index in [-0.39, 0.29) is 0 Å². The van der Waals surface area contributed by atoms with Gasteiger partial charge in [-0.15, -0.1) is 0 Å². The van der Waals surface area contributed by atoms with Gasteiger partial charge in [-0.1, -0.05) is 206 Å². The topological polar surface area (TPSA) is 82.1 Å². The molecule has 0 bridgehead atoms. The maximum Gasteiger partial charge on any atom is 0.511 e. The molecule has 0 aliphatic carbocycles. The van der Waals surface area contributed by atoms with Gasteiger partial charge in [0, 0.05) is 18.2 Å². The fourth-order valence-corrected chi connectivity index (χ4v) is 5.86. The fourth-order valence-electron chi connectivity index (χ4n) is 5.60. The normalized spacial score (nSPS) is 10.9. The van der Waals surface area contributed by atoms with Crippen LogP contribution in [0.15, 0.2) is 0 Å². The number of carbonyl (C=O) groups excluding carboxylic acids is 2. The van der Waals surface area contributed by atoms with E-state index in [1.165, 1.54) is 186 Å². The lowest BCUT2D eigenvalue weighted by Gasteiger charge is -2.09. The van der Waals surface area contributed by atoms with Gasteiger partial charge in [0.2, 0.25) is 0 Å². The third-order valence-electron chi connectivity index (χ3n) is 8.59. The van der Waals surface area contributed by atoms with Crippen LogP contribution in [0, 0.1) is 0 Å². The highest BCUT2D eigenvalue weighted by atomic mass is 35.6. The van der Waals surface area contributed by atoms with Crippen LogP contribution in [0.2, 0.25) is 0 Å². The van der Waals surface area contributed by atoms with Crippen LogP contribution in [-0.2, 0) is 14.2 Å². The first kappa shape index (κ1) is 54.2. The third kappa shape index (κ3) is 60.0. The third-order valence-corrected chi connectivity index (χ3v) is 8.93. The van der Waals surface area contributed by atoms with Gasteiger partial charge in [0.15, 0.2) is 0 Å². The molecule has 0 unspecified atom stereocenters. The minimum atomic E-state index is -2.03. The van der Waals surface area contributed by atoms with E-state index in [0.717, 1.165) is 26.4 Å². The summed E-state index contributed by atoms with van der Waals surface area (Å²) in [5, 5.41) is 8.67. The Bertz CT molecular complexity index is 648. The molecule has 6 nitrogen and oxygen atoms in total. The molecule has 0 fully saturated rings. The van der Waals surface area contributed by atoms with Crippen molar-refractivity contribution in [1.82, 2.24) is 0 Å². The lowest BCUT2D eigenvalue weighted by molar-refractivity contribution is 0.0704. The zero-order chi connectivity index (χ0) is 37.8. The number of unbranched alkanes of at least 4 members (excludes halogenated alkanes) is 30. The monoisotopic (exact) mass is 794 g/mol. The van der Waals surface area contributed by atoms with E-state index < -0.39 is 15.6 Å². The number of rotatable bonds is 33. The molecule has 0 radical (unpaired) electrons. The molecular formula is C40H78Cl4O6. The Balaban J connectivity index is -0.000000717. The Labute approximate surface area is 329 Å². The standard InChI is InChI=1S/C19H37ClO2.C18H38O.C3H3Cl3O3/c1-2-3-4-5-6-7-8-9-10-11-12-13-14-15-16-17-18-22-19(20)21;1-2-3-4-5-6-7-8-9-10-11-12-13-14-15-16-17-18-19;1-8-2(7)9-3(4,5)6/h2-18H2,1H3;19H,2-18H2,1H3;1H3. The number of hydrogen-bond acceptors (Lipinski definition) is 6. The van der Waals surface area contributed by atoms with Gasteiger partial charge in [-0.05, 0) is 47.6 Å². The minimum Gasteiger partial charge on any atom is -0.454 e. The minimum absolute atomic E-state index is 0.373. The summed E-state index contributed by atoms with van der Waals surface area (Å²) in [7, 11) is 1.11. The van der Waals surface area contributed by atoms with Crippen molar-refractivity contribution in [2.75, 3.05) is 20.3 Å². The Morgan fingerprint density at radius 3 is 0.940 bits per heavy atom. The van der Waals surface area contributed by atoms with Gasteiger partial charge >= 0.3 is 15.6 Å². The van der Waals surface area contributed by atoms with E-state index in [4.69, 9.17) is 51.5 Å². The maximum atomic E-state index is 10.3. The first-order valence-corrected chi connectivity index (χ1v) is 21.9. The predicted octanol–water partition coefficient (Wildman–Crippen LogP) is 16.0. The molecule has 0 aromatic heterocycles. The molecule has 1 N–H and O–H groups in total. The predicted molar refractivity (Wildman–Crippen MR) is 217 cm³/mol. The van der Waals surface area contributed by atoms with Crippen LogP contribution < -0.4 is 0 Å². The Morgan fingerprint density at radius 2 is 0.740 bits per heavy atom. The Hall–Kier alpha value is -0.140. The highest BCUT2D eigenvalue weighted by Crippen LogP contribution is 2.27. The molecule has 0 spiro atoms. The smallest absolute Gasteiger partial charge is 0.454 e. The fraction of sp³-hybridized carbons (Fsp3) is 0.950. The van der Waals surface area contributed by atoms with Crippen LogP contribution >= 0.6 is 46.4 Å². The zero-order valence-corrected chi connectivity index (χ0v) is 35.6.